The lowest BCUT2D eigenvalue weighted by atomic mass is 9.85. The zero-order valence-electron chi connectivity index (χ0n) is 14.3. The van der Waals surface area contributed by atoms with E-state index in [9.17, 15) is 30.1 Å². The first kappa shape index (κ1) is 18.8. The Kier molecular flexibility index (Phi) is 4.92. The van der Waals surface area contributed by atoms with Crippen molar-refractivity contribution in [3.63, 3.8) is 0 Å². The molecule has 9 heteroatoms. The molecule has 0 radical (unpaired) electrons. The van der Waals surface area contributed by atoms with Crippen molar-refractivity contribution in [1.29, 1.82) is 0 Å². The van der Waals surface area contributed by atoms with E-state index in [1.807, 2.05) is 20.8 Å². The summed E-state index contributed by atoms with van der Waals surface area (Å²) in [6.07, 6.45) is 0. The Hall–Kier alpha value is -3.49. The van der Waals surface area contributed by atoms with E-state index >= 15 is 0 Å². The van der Waals surface area contributed by atoms with Gasteiger partial charge in [-0.2, -0.15) is 0 Å². The molecule has 2 aromatic carbocycles. The van der Waals surface area contributed by atoms with Crippen LogP contribution in [0.1, 0.15) is 36.7 Å². The van der Waals surface area contributed by atoms with Crippen molar-refractivity contribution in [1.82, 2.24) is 0 Å². The predicted molar refractivity (Wildman–Crippen MR) is 94.5 cm³/mol. The van der Waals surface area contributed by atoms with E-state index in [1.54, 1.807) is 0 Å². The maximum absolute atomic E-state index is 12.5. The van der Waals surface area contributed by atoms with Crippen LogP contribution in [0.2, 0.25) is 0 Å². The minimum Gasteiger partial charge on any atom is -0.502 e. The maximum atomic E-state index is 12.5. The number of carbonyl (C=O) groups excluding carboxylic acids is 1. The van der Waals surface area contributed by atoms with Gasteiger partial charge in [0.05, 0.1) is 15.4 Å². The van der Waals surface area contributed by atoms with Crippen LogP contribution in [0.15, 0.2) is 36.4 Å². The molecule has 1 amide bonds. The van der Waals surface area contributed by atoms with Gasteiger partial charge in [0.15, 0.2) is 0 Å². The van der Waals surface area contributed by atoms with Gasteiger partial charge in [-0.05, 0) is 29.2 Å². The lowest BCUT2D eigenvalue weighted by Gasteiger charge is -2.20. The summed E-state index contributed by atoms with van der Waals surface area (Å²) >= 11 is 0. The second kappa shape index (κ2) is 6.79. The van der Waals surface area contributed by atoms with Crippen LogP contribution in [0.25, 0.3) is 0 Å². The van der Waals surface area contributed by atoms with Gasteiger partial charge in [-0.25, -0.2) is 0 Å². The molecule has 0 heterocycles. The first-order chi connectivity index (χ1) is 12.0. The van der Waals surface area contributed by atoms with Crippen molar-refractivity contribution in [2.24, 2.45) is 0 Å². The highest BCUT2D eigenvalue weighted by atomic mass is 16.6. The third-order valence-corrected chi connectivity index (χ3v) is 3.73. The number of nitrogens with one attached hydrogen (secondary N) is 1. The topological polar surface area (TPSA) is 136 Å². The number of phenols is 1. The molecule has 0 atom stereocenters. The summed E-state index contributed by atoms with van der Waals surface area (Å²) in [5.74, 6) is -1.49. The summed E-state index contributed by atoms with van der Waals surface area (Å²) in [6, 6.07) is 7.71. The largest absolute Gasteiger partial charge is 0.502 e. The smallest absolute Gasteiger partial charge is 0.311 e. The highest BCUT2D eigenvalue weighted by Gasteiger charge is 2.27. The summed E-state index contributed by atoms with van der Waals surface area (Å²) in [5.41, 5.74) is -0.675. The van der Waals surface area contributed by atoms with Gasteiger partial charge in [-0.3, -0.25) is 25.0 Å². The number of aromatic hydroxyl groups is 1. The number of non-ortho nitro benzene ring substituents is 1. The molecule has 0 fully saturated rings. The summed E-state index contributed by atoms with van der Waals surface area (Å²) < 4.78 is 0. The van der Waals surface area contributed by atoms with E-state index in [2.05, 4.69) is 5.32 Å². The standard InChI is InChI=1S/C17H17N3O6/c1-17(2,3)10-8-13(15(21)14(9-10)20(25)26)16(22)18-11-4-6-12(7-5-11)19(23)24/h4-9,21H,1-3H3,(H,18,22). The Morgan fingerprint density at radius 2 is 1.62 bits per heavy atom. The zero-order valence-corrected chi connectivity index (χ0v) is 14.3. The number of anilines is 1. The van der Waals surface area contributed by atoms with Crippen LogP contribution in [0.4, 0.5) is 17.1 Å². The molecule has 26 heavy (non-hydrogen) atoms. The number of hydrogen-bond acceptors (Lipinski definition) is 6. The molecule has 0 aromatic heterocycles. The van der Waals surface area contributed by atoms with E-state index in [0.29, 0.717) is 5.56 Å². The molecule has 136 valence electrons. The number of rotatable bonds is 4. The highest BCUT2D eigenvalue weighted by Crippen LogP contribution is 2.36. The zero-order chi connectivity index (χ0) is 19.6. The van der Waals surface area contributed by atoms with Gasteiger partial charge in [0.2, 0.25) is 5.75 Å². The minimum atomic E-state index is -0.759. The number of nitro benzene ring substituents is 2. The fraction of sp³-hybridized carbons (Fsp3) is 0.235. The van der Waals surface area contributed by atoms with Crippen molar-refractivity contribution >= 4 is 23.0 Å². The van der Waals surface area contributed by atoms with Crippen LogP contribution in [-0.4, -0.2) is 20.9 Å². The highest BCUT2D eigenvalue weighted by molar-refractivity contribution is 6.07. The molecule has 0 aliphatic rings. The quantitative estimate of drug-likeness (QED) is 0.630. The molecule has 0 bridgehead atoms. The van der Waals surface area contributed by atoms with Crippen LogP contribution in [0, 0.1) is 20.2 Å². The Morgan fingerprint density at radius 3 is 2.08 bits per heavy atom. The van der Waals surface area contributed by atoms with Gasteiger partial charge >= 0.3 is 5.69 Å². The van der Waals surface area contributed by atoms with Gasteiger partial charge in [0, 0.05) is 23.9 Å². The van der Waals surface area contributed by atoms with Crippen molar-refractivity contribution in [3.8, 4) is 5.75 Å². The summed E-state index contributed by atoms with van der Waals surface area (Å²) in [5, 5.41) is 34.4. The second-order valence-electron chi connectivity index (χ2n) is 6.66. The third-order valence-electron chi connectivity index (χ3n) is 3.73. The number of nitro groups is 2. The molecule has 9 nitrogen and oxygen atoms in total. The number of nitrogens with zero attached hydrogens (tertiary/aromatic N) is 2. The van der Waals surface area contributed by atoms with Crippen molar-refractivity contribution in [3.05, 3.63) is 67.8 Å². The van der Waals surface area contributed by atoms with Gasteiger partial charge in [-0.15, -0.1) is 0 Å². The van der Waals surface area contributed by atoms with E-state index in [4.69, 9.17) is 0 Å². The second-order valence-corrected chi connectivity index (χ2v) is 6.66. The Labute approximate surface area is 148 Å². The van der Waals surface area contributed by atoms with Crippen molar-refractivity contribution in [2.45, 2.75) is 26.2 Å². The van der Waals surface area contributed by atoms with Gasteiger partial charge in [0.1, 0.15) is 0 Å². The maximum Gasteiger partial charge on any atom is 0.311 e. The van der Waals surface area contributed by atoms with Crippen LogP contribution in [0.5, 0.6) is 5.75 Å². The number of benzene rings is 2. The van der Waals surface area contributed by atoms with Gasteiger partial charge < -0.3 is 10.4 Å². The lowest BCUT2D eigenvalue weighted by Crippen LogP contribution is -2.17. The SMILES string of the molecule is CC(C)(C)c1cc(C(=O)Nc2ccc([N+](=O)[O-])cc2)c(O)c([N+](=O)[O-])c1. The monoisotopic (exact) mass is 359 g/mol. The molecule has 2 N–H and O–H groups in total. The third kappa shape index (κ3) is 3.94. The predicted octanol–water partition coefficient (Wildman–Crippen LogP) is 3.76. The fourth-order valence-electron chi connectivity index (χ4n) is 2.23. The van der Waals surface area contributed by atoms with Crippen LogP contribution in [0.3, 0.4) is 0 Å². The molecular weight excluding hydrogens is 342 g/mol. The van der Waals surface area contributed by atoms with E-state index in [-0.39, 0.29) is 16.9 Å². The average Bonchev–Trinajstić information content (AvgIpc) is 2.54. The molecule has 0 unspecified atom stereocenters. The fourth-order valence-corrected chi connectivity index (χ4v) is 2.23. The molecule has 0 aliphatic heterocycles. The Morgan fingerprint density at radius 1 is 1.04 bits per heavy atom. The van der Waals surface area contributed by atoms with E-state index < -0.39 is 32.6 Å². The van der Waals surface area contributed by atoms with Crippen LogP contribution in [-0.2, 0) is 5.41 Å². The molecule has 2 rings (SSSR count). The molecule has 0 spiro atoms. The number of carbonyl (C=O) groups is 1. The molecular formula is C17H17N3O6. The van der Waals surface area contributed by atoms with Gasteiger partial charge in [-0.1, -0.05) is 20.8 Å². The summed E-state index contributed by atoms with van der Waals surface area (Å²) in [7, 11) is 0. The molecule has 2 aromatic rings. The van der Waals surface area contributed by atoms with Gasteiger partial charge in [0.25, 0.3) is 11.6 Å². The minimum absolute atomic E-state index is 0.142. The van der Waals surface area contributed by atoms with Crippen molar-refractivity contribution < 1.29 is 19.7 Å². The normalized spacial score (nSPS) is 11.0. The Balaban J connectivity index is 2.42. The first-order valence-corrected chi connectivity index (χ1v) is 7.58. The van der Waals surface area contributed by atoms with E-state index in [1.165, 1.54) is 36.4 Å². The summed E-state index contributed by atoms with van der Waals surface area (Å²) in [4.78, 5) is 33.0. The van der Waals surface area contributed by atoms with Crippen LogP contribution < -0.4 is 5.32 Å². The van der Waals surface area contributed by atoms with Crippen LogP contribution >= 0.6 is 0 Å². The Bertz CT molecular complexity index is 885. The number of phenolic OH excluding ortho intramolecular Hbond substituents is 1. The first-order valence-electron chi connectivity index (χ1n) is 7.58. The molecule has 0 saturated heterocycles. The summed E-state index contributed by atoms with van der Waals surface area (Å²) in [6.45, 7) is 5.46. The average molecular weight is 359 g/mol. The molecule has 0 saturated carbocycles. The number of amides is 1. The number of hydrogen-bond donors (Lipinski definition) is 2. The lowest BCUT2D eigenvalue weighted by molar-refractivity contribution is -0.386. The molecule has 0 aliphatic carbocycles. The van der Waals surface area contributed by atoms with E-state index in [0.717, 1.165) is 0 Å². The van der Waals surface area contributed by atoms with Crippen molar-refractivity contribution in [2.75, 3.05) is 5.32 Å².